The molecule has 27 heavy (non-hydrogen) atoms. The molecule has 0 fully saturated rings. The molecule has 1 radical (unpaired) electrons. The van der Waals surface area contributed by atoms with Crippen LogP contribution in [-0.2, 0) is 4.74 Å². The van der Waals surface area contributed by atoms with E-state index in [0.29, 0.717) is 6.61 Å². The third-order valence-corrected chi connectivity index (χ3v) is 5.00. The molecule has 0 aliphatic carbocycles. The summed E-state index contributed by atoms with van der Waals surface area (Å²) in [5.74, 6) is 0. The largest absolute Gasteiger partial charge is 0.373 e. The molecule has 0 aliphatic rings. The predicted molar refractivity (Wildman–Crippen MR) is 116 cm³/mol. The van der Waals surface area contributed by atoms with Gasteiger partial charge in [-0.3, -0.25) is 0 Å². The summed E-state index contributed by atoms with van der Waals surface area (Å²) in [5.41, 5.74) is 6.23. The second-order valence-corrected chi connectivity index (χ2v) is 7.15. The first kappa shape index (κ1) is 19.6. The van der Waals surface area contributed by atoms with Gasteiger partial charge in [0.25, 0.3) is 0 Å². The monoisotopic (exact) mass is 378 g/mol. The van der Waals surface area contributed by atoms with Crippen LogP contribution in [0.5, 0.6) is 0 Å². The van der Waals surface area contributed by atoms with Gasteiger partial charge in [-0.25, -0.2) is 4.98 Å². The van der Waals surface area contributed by atoms with Crippen LogP contribution in [0.15, 0.2) is 49.0 Å². The first-order valence-corrected chi connectivity index (χ1v) is 9.70. The molecule has 1 unspecified atom stereocenters. The number of halogens is 1. The zero-order valence-corrected chi connectivity index (χ0v) is 16.7. The first-order valence-electron chi connectivity index (χ1n) is 9.32. The maximum atomic E-state index is 6.11. The number of ether oxygens (including phenoxy) is 1. The van der Waals surface area contributed by atoms with Gasteiger partial charge in [0.05, 0.1) is 17.3 Å². The van der Waals surface area contributed by atoms with E-state index in [9.17, 15) is 0 Å². The second kappa shape index (κ2) is 8.69. The van der Waals surface area contributed by atoms with Crippen molar-refractivity contribution in [3.05, 3.63) is 77.8 Å². The van der Waals surface area contributed by atoms with Crippen LogP contribution in [0.1, 0.15) is 42.7 Å². The van der Waals surface area contributed by atoms with Gasteiger partial charge in [0.15, 0.2) is 0 Å². The van der Waals surface area contributed by atoms with Crippen LogP contribution in [0.4, 0.5) is 0 Å². The van der Waals surface area contributed by atoms with Gasteiger partial charge in [-0.15, -0.1) is 0 Å². The summed E-state index contributed by atoms with van der Waals surface area (Å²) in [6.45, 7) is 13.1. The lowest BCUT2D eigenvalue weighted by Crippen LogP contribution is -2.07. The Morgan fingerprint density at radius 1 is 1.19 bits per heavy atom. The van der Waals surface area contributed by atoms with Crippen molar-refractivity contribution >= 4 is 28.6 Å². The Morgan fingerprint density at radius 3 is 2.59 bits per heavy atom. The number of nitrogens with zero attached hydrogens (tertiary/aromatic N) is 1. The van der Waals surface area contributed by atoms with Crippen LogP contribution < -0.4 is 0 Å². The molecule has 0 saturated carbocycles. The standard InChI is InChI=1S/C24H25ClNO/c1-5-7-14-27-17(4)23-16(3)15-22-21(13-12-20(6-2)26-22)24(23)18-8-10-19(25)11-9-18/h6,8-13,15,17H,2,4-5,7,14H2,1,3H3. The molecule has 0 bridgehead atoms. The van der Waals surface area contributed by atoms with Crippen molar-refractivity contribution in [2.45, 2.75) is 32.8 Å². The molecule has 139 valence electrons. The molecule has 1 aromatic heterocycles. The molecule has 1 atom stereocenters. The van der Waals surface area contributed by atoms with Gasteiger partial charge in [-0.1, -0.05) is 49.7 Å². The van der Waals surface area contributed by atoms with E-state index < -0.39 is 0 Å². The van der Waals surface area contributed by atoms with Gasteiger partial charge in [0.1, 0.15) is 0 Å². The minimum atomic E-state index is -0.245. The molecule has 1 heterocycles. The fourth-order valence-electron chi connectivity index (χ4n) is 3.35. The van der Waals surface area contributed by atoms with E-state index in [1.165, 1.54) is 0 Å². The quantitative estimate of drug-likeness (QED) is 0.405. The highest BCUT2D eigenvalue weighted by Gasteiger charge is 2.19. The zero-order valence-electron chi connectivity index (χ0n) is 16.0. The average Bonchev–Trinajstić information content (AvgIpc) is 2.67. The zero-order chi connectivity index (χ0) is 19.4. The maximum absolute atomic E-state index is 6.11. The van der Waals surface area contributed by atoms with Crippen LogP contribution >= 0.6 is 11.6 Å². The van der Waals surface area contributed by atoms with Crippen molar-refractivity contribution in [2.24, 2.45) is 0 Å². The van der Waals surface area contributed by atoms with Crippen LogP contribution in [0.25, 0.3) is 28.1 Å². The minimum absolute atomic E-state index is 0.245. The van der Waals surface area contributed by atoms with E-state index in [0.717, 1.165) is 56.7 Å². The summed E-state index contributed by atoms with van der Waals surface area (Å²) < 4.78 is 6.06. The van der Waals surface area contributed by atoms with E-state index >= 15 is 0 Å². The van der Waals surface area contributed by atoms with Gasteiger partial charge in [-0.05, 0) is 72.9 Å². The van der Waals surface area contributed by atoms with Gasteiger partial charge < -0.3 is 4.74 Å². The molecular weight excluding hydrogens is 354 g/mol. The third kappa shape index (κ3) is 4.23. The molecule has 0 spiro atoms. The lowest BCUT2D eigenvalue weighted by molar-refractivity contribution is 0.0811. The lowest BCUT2D eigenvalue weighted by atomic mass is 9.89. The molecule has 2 aromatic carbocycles. The van der Waals surface area contributed by atoms with Crippen molar-refractivity contribution in [2.75, 3.05) is 6.61 Å². The summed E-state index contributed by atoms with van der Waals surface area (Å²) in [7, 11) is 0. The van der Waals surface area contributed by atoms with Gasteiger partial charge >= 0.3 is 0 Å². The van der Waals surface area contributed by atoms with Crippen molar-refractivity contribution < 1.29 is 4.74 Å². The van der Waals surface area contributed by atoms with Crippen LogP contribution in [0, 0.1) is 13.8 Å². The highest BCUT2D eigenvalue weighted by atomic mass is 35.5. The number of hydrogen-bond donors (Lipinski definition) is 0. The number of hydrogen-bond acceptors (Lipinski definition) is 2. The van der Waals surface area contributed by atoms with Crippen molar-refractivity contribution in [1.82, 2.24) is 4.98 Å². The summed E-state index contributed by atoms with van der Waals surface area (Å²) >= 11 is 6.11. The number of aryl methyl sites for hydroxylation is 1. The predicted octanol–water partition coefficient (Wildman–Crippen LogP) is 7.20. The number of rotatable bonds is 7. The smallest absolute Gasteiger partial charge is 0.0834 e. The fourth-order valence-corrected chi connectivity index (χ4v) is 3.47. The number of fused-ring (bicyclic) bond motifs is 1. The SMILES string of the molecule is [CH2]C(OCCCC)c1c(C)cc2nc(C=C)ccc2c1-c1ccc(Cl)cc1. The van der Waals surface area contributed by atoms with Crippen molar-refractivity contribution in [3.63, 3.8) is 0 Å². The molecule has 3 aromatic rings. The molecule has 0 N–H and O–H groups in total. The van der Waals surface area contributed by atoms with Crippen molar-refractivity contribution in [1.29, 1.82) is 0 Å². The van der Waals surface area contributed by atoms with Gasteiger partial charge in [0, 0.05) is 17.0 Å². The van der Waals surface area contributed by atoms with Gasteiger partial charge in [-0.2, -0.15) is 0 Å². The minimum Gasteiger partial charge on any atom is -0.373 e. The summed E-state index contributed by atoms with van der Waals surface area (Å²) in [6.07, 6.45) is 3.65. The van der Waals surface area contributed by atoms with E-state index in [2.05, 4.69) is 39.5 Å². The van der Waals surface area contributed by atoms with Crippen molar-refractivity contribution in [3.8, 4) is 11.1 Å². The topological polar surface area (TPSA) is 22.1 Å². The Kier molecular flexibility index (Phi) is 6.30. The van der Waals surface area contributed by atoms with Gasteiger partial charge in [0.2, 0.25) is 0 Å². The second-order valence-electron chi connectivity index (χ2n) is 6.71. The molecule has 3 heteroatoms. The van der Waals surface area contributed by atoms with E-state index in [-0.39, 0.29) is 6.10 Å². The maximum Gasteiger partial charge on any atom is 0.0834 e. The normalized spacial score (nSPS) is 12.3. The fraction of sp³-hybridized carbons (Fsp3) is 0.250. The number of aromatic nitrogens is 1. The van der Waals surface area contributed by atoms with E-state index in [4.69, 9.17) is 21.3 Å². The lowest BCUT2D eigenvalue weighted by Gasteiger charge is -2.22. The number of pyridine rings is 1. The first-order chi connectivity index (χ1) is 13.0. The van der Waals surface area contributed by atoms with Crippen LogP contribution in [0.2, 0.25) is 5.02 Å². The molecule has 0 aliphatic heterocycles. The Hall–Kier alpha value is -2.16. The number of benzene rings is 2. The summed E-state index contributed by atoms with van der Waals surface area (Å²) in [6, 6.07) is 14.1. The highest BCUT2D eigenvalue weighted by molar-refractivity contribution is 6.30. The third-order valence-electron chi connectivity index (χ3n) is 4.74. The number of unbranched alkanes of at least 4 members (excludes halogenated alkanes) is 1. The van der Waals surface area contributed by atoms with Crippen LogP contribution in [-0.4, -0.2) is 11.6 Å². The Morgan fingerprint density at radius 2 is 1.93 bits per heavy atom. The molecule has 0 saturated heterocycles. The Bertz CT molecular complexity index is 947. The van der Waals surface area contributed by atoms with E-state index in [1.807, 2.05) is 30.3 Å². The average molecular weight is 379 g/mol. The highest BCUT2D eigenvalue weighted by Crippen LogP contribution is 2.38. The summed E-state index contributed by atoms with van der Waals surface area (Å²) in [5, 5.41) is 1.80. The van der Waals surface area contributed by atoms with Crippen LogP contribution in [0.3, 0.4) is 0 Å². The summed E-state index contributed by atoms with van der Waals surface area (Å²) in [4.78, 5) is 4.73. The van der Waals surface area contributed by atoms with E-state index in [1.54, 1.807) is 6.08 Å². The molecule has 3 rings (SSSR count). The molecular formula is C24H25ClNO. The Balaban J connectivity index is 2.23. The Labute approximate surface area is 166 Å². The molecule has 2 nitrogen and oxygen atoms in total. The molecule has 0 amide bonds.